The van der Waals surface area contributed by atoms with Crippen LogP contribution in [0.3, 0.4) is 0 Å². The van der Waals surface area contributed by atoms with Crippen LogP contribution in [0.2, 0.25) is 0 Å². The zero-order valence-electron chi connectivity index (χ0n) is 17.3. The van der Waals surface area contributed by atoms with Gasteiger partial charge in [0.25, 0.3) is 0 Å². The third-order valence-electron chi connectivity index (χ3n) is 5.29. The standard InChI is InChI=1S/C23H26N4O2S/c1-16-20-6-4-5-7-21(20)25-23(26(16)3)30-17(2)22(28)24-18-8-10-19(11-9-18)27-12-14-29-15-13-27/h4-11,17H,1,12-15H2,2-3H3,(H,24,28)/t17-/m0/s1. The molecular weight excluding hydrogens is 396 g/mol. The van der Waals surface area contributed by atoms with Crippen molar-refractivity contribution < 1.29 is 9.53 Å². The van der Waals surface area contributed by atoms with Crippen LogP contribution in [0.4, 0.5) is 17.1 Å². The number of carbonyl (C=O) groups excluding carboxylic acids is 1. The lowest BCUT2D eigenvalue weighted by Gasteiger charge is -2.29. The molecule has 6 nitrogen and oxygen atoms in total. The highest BCUT2D eigenvalue weighted by Gasteiger charge is 2.25. The van der Waals surface area contributed by atoms with Crippen molar-refractivity contribution in [3.63, 3.8) is 0 Å². The molecule has 156 valence electrons. The first-order chi connectivity index (χ1) is 14.5. The molecule has 0 aliphatic carbocycles. The van der Waals surface area contributed by atoms with Crippen molar-refractivity contribution in [2.45, 2.75) is 12.2 Å². The summed E-state index contributed by atoms with van der Waals surface area (Å²) in [6, 6.07) is 15.9. The Kier molecular flexibility index (Phi) is 6.11. The van der Waals surface area contributed by atoms with E-state index in [2.05, 4.69) is 16.8 Å². The summed E-state index contributed by atoms with van der Waals surface area (Å²) in [5.41, 5.74) is 4.72. The van der Waals surface area contributed by atoms with Gasteiger partial charge in [-0.3, -0.25) is 4.79 Å². The van der Waals surface area contributed by atoms with Gasteiger partial charge in [-0.15, -0.1) is 0 Å². The Morgan fingerprint density at radius 3 is 2.60 bits per heavy atom. The fourth-order valence-corrected chi connectivity index (χ4v) is 4.33. The summed E-state index contributed by atoms with van der Waals surface area (Å²) < 4.78 is 5.40. The third-order valence-corrected chi connectivity index (χ3v) is 6.43. The van der Waals surface area contributed by atoms with Crippen molar-refractivity contribution >= 4 is 45.6 Å². The van der Waals surface area contributed by atoms with Gasteiger partial charge >= 0.3 is 0 Å². The number of fused-ring (bicyclic) bond motifs is 1. The van der Waals surface area contributed by atoms with Crippen LogP contribution in [0, 0.1) is 0 Å². The fourth-order valence-electron chi connectivity index (χ4n) is 3.43. The van der Waals surface area contributed by atoms with E-state index in [4.69, 9.17) is 9.73 Å². The van der Waals surface area contributed by atoms with E-state index in [1.807, 2.05) is 67.4 Å². The zero-order chi connectivity index (χ0) is 21.1. The minimum atomic E-state index is -0.303. The number of para-hydroxylation sites is 1. The molecule has 2 aliphatic heterocycles. The molecule has 1 amide bonds. The number of amidine groups is 1. The van der Waals surface area contributed by atoms with E-state index in [0.29, 0.717) is 0 Å². The van der Waals surface area contributed by atoms with E-state index in [0.717, 1.165) is 59.8 Å². The molecule has 0 unspecified atom stereocenters. The van der Waals surface area contributed by atoms with Crippen molar-refractivity contribution in [1.82, 2.24) is 4.90 Å². The number of nitrogens with zero attached hydrogens (tertiary/aromatic N) is 3. The van der Waals surface area contributed by atoms with Crippen molar-refractivity contribution in [3.05, 3.63) is 60.7 Å². The second kappa shape index (κ2) is 8.93. The van der Waals surface area contributed by atoms with E-state index in [9.17, 15) is 4.79 Å². The second-order valence-electron chi connectivity index (χ2n) is 7.31. The highest BCUT2D eigenvalue weighted by Crippen LogP contribution is 2.35. The predicted molar refractivity (Wildman–Crippen MR) is 125 cm³/mol. The summed E-state index contributed by atoms with van der Waals surface area (Å²) in [5, 5.41) is 3.47. The van der Waals surface area contributed by atoms with Crippen molar-refractivity contribution in [3.8, 4) is 0 Å². The molecular formula is C23H26N4O2S. The molecule has 0 spiro atoms. The normalized spacial score (nSPS) is 17.3. The molecule has 2 aromatic rings. The minimum absolute atomic E-state index is 0.0558. The minimum Gasteiger partial charge on any atom is -0.378 e. The summed E-state index contributed by atoms with van der Waals surface area (Å²) in [4.78, 5) is 21.7. The average molecular weight is 423 g/mol. The number of morpholine rings is 1. The maximum atomic E-state index is 12.8. The highest BCUT2D eigenvalue weighted by atomic mass is 32.2. The Labute approximate surface area is 181 Å². The van der Waals surface area contributed by atoms with Gasteiger partial charge < -0.3 is 19.9 Å². The quantitative estimate of drug-likeness (QED) is 0.801. The Hall–Kier alpha value is -2.77. The molecule has 1 atom stereocenters. The Morgan fingerprint density at radius 1 is 1.17 bits per heavy atom. The Balaban J connectivity index is 1.39. The summed E-state index contributed by atoms with van der Waals surface area (Å²) in [5.74, 6) is -0.0558. The number of hydrogen-bond donors (Lipinski definition) is 1. The zero-order valence-corrected chi connectivity index (χ0v) is 18.1. The molecule has 4 rings (SSSR count). The number of thioether (sulfide) groups is 1. The Morgan fingerprint density at radius 2 is 1.87 bits per heavy atom. The van der Waals surface area contributed by atoms with Crippen molar-refractivity contribution in [2.75, 3.05) is 43.6 Å². The molecule has 2 heterocycles. The van der Waals surface area contributed by atoms with Crippen LogP contribution in [0.15, 0.2) is 60.1 Å². The SMILES string of the molecule is C=C1c2ccccc2N=C(S[C@@H](C)C(=O)Nc2ccc(N3CCOCC3)cc2)N1C. The molecule has 1 saturated heterocycles. The van der Waals surface area contributed by atoms with Crippen LogP contribution in [-0.2, 0) is 9.53 Å². The van der Waals surface area contributed by atoms with Gasteiger partial charge in [0.2, 0.25) is 5.91 Å². The van der Waals surface area contributed by atoms with E-state index in [1.165, 1.54) is 11.8 Å². The molecule has 1 N–H and O–H groups in total. The maximum absolute atomic E-state index is 12.8. The lowest BCUT2D eigenvalue weighted by Crippen LogP contribution is -2.36. The molecule has 0 radical (unpaired) electrons. The number of aliphatic imine (C=N–C) groups is 1. The number of nitrogens with one attached hydrogen (secondary N) is 1. The molecule has 0 saturated carbocycles. The molecule has 7 heteroatoms. The second-order valence-corrected chi connectivity index (χ2v) is 8.62. The average Bonchev–Trinajstić information content (AvgIpc) is 2.78. The molecule has 2 aliphatic rings. The Bertz CT molecular complexity index is 967. The summed E-state index contributed by atoms with van der Waals surface area (Å²) >= 11 is 1.43. The monoisotopic (exact) mass is 422 g/mol. The van der Waals surface area contributed by atoms with Gasteiger partial charge in [0.05, 0.1) is 24.2 Å². The van der Waals surface area contributed by atoms with E-state index < -0.39 is 0 Å². The van der Waals surface area contributed by atoms with Gasteiger partial charge in [0.1, 0.15) is 0 Å². The molecule has 2 aromatic carbocycles. The van der Waals surface area contributed by atoms with Crippen LogP contribution < -0.4 is 10.2 Å². The smallest absolute Gasteiger partial charge is 0.237 e. The van der Waals surface area contributed by atoms with Gasteiger partial charge in [-0.05, 0) is 37.3 Å². The molecule has 0 aromatic heterocycles. The number of rotatable bonds is 4. The maximum Gasteiger partial charge on any atom is 0.237 e. The van der Waals surface area contributed by atoms with Crippen LogP contribution in [-0.4, -0.2) is 54.6 Å². The third kappa shape index (κ3) is 4.37. The molecule has 0 bridgehead atoms. The van der Waals surface area contributed by atoms with Crippen molar-refractivity contribution in [1.29, 1.82) is 0 Å². The van der Waals surface area contributed by atoms with Gasteiger partial charge in [0, 0.05) is 42.8 Å². The number of carbonyl (C=O) groups is 1. The lowest BCUT2D eigenvalue weighted by atomic mass is 10.1. The fraction of sp³-hybridized carbons (Fsp3) is 0.304. The summed E-state index contributed by atoms with van der Waals surface area (Å²) in [6.07, 6.45) is 0. The van der Waals surface area contributed by atoms with E-state index in [-0.39, 0.29) is 11.2 Å². The van der Waals surface area contributed by atoms with E-state index >= 15 is 0 Å². The van der Waals surface area contributed by atoms with Crippen molar-refractivity contribution in [2.24, 2.45) is 4.99 Å². The van der Waals surface area contributed by atoms with Crippen LogP contribution in [0.25, 0.3) is 5.70 Å². The van der Waals surface area contributed by atoms with Crippen LogP contribution in [0.5, 0.6) is 0 Å². The topological polar surface area (TPSA) is 57.2 Å². The summed E-state index contributed by atoms with van der Waals surface area (Å²) in [6.45, 7) is 9.35. The van der Waals surface area contributed by atoms with E-state index in [1.54, 1.807) is 0 Å². The number of anilines is 2. The van der Waals surface area contributed by atoms with Gasteiger partial charge in [-0.2, -0.15) is 0 Å². The first-order valence-corrected chi connectivity index (χ1v) is 10.9. The lowest BCUT2D eigenvalue weighted by molar-refractivity contribution is -0.115. The van der Waals surface area contributed by atoms with Crippen LogP contribution in [0.1, 0.15) is 12.5 Å². The molecule has 1 fully saturated rings. The van der Waals surface area contributed by atoms with Gasteiger partial charge in [-0.25, -0.2) is 4.99 Å². The molecule has 30 heavy (non-hydrogen) atoms. The number of benzene rings is 2. The number of amides is 1. The first-order valence-electron chi connectivity index (χ1n) is 10.0. The summed E-state index contributed by atoms with van der Waals surface area (Å²) in [7, 11) is 1.93. The number of ether oxygens (including phenoxy) is 1. The highest BCUT2D eigenvalue weighted by molar-refractivity contribution is 8.14. The largest absolute Gasteiger partial charge is 0.378 e. The number of hydrogen-bond acceptors (Lipinski definition) is 6. The van der Waals surface area contributed by atoms with Gasteiger partial charge in [-0.1, -0.05) is 36.5 Å². The van der Waals surface area contributed by atoms with Gasteiger partial charge in [0.15, 0.2) is 5.17 Å². The predicted octanol–water partition coefficient (Wildman–Crippen LogP) is 4.19. The first kappa shape index (κ1) is 20.5. The van der Waals surface area contributed by atoms with Crippen LogP contribution >= 0.6 is 11.8 Å².